The molecule has 0 spiro atoms. The number of sulfonamides is 1. The summed E-state index contributed by atoms with van der Waals surface area (Å²) in [5, 5.41) is 3.56. The number of thiophene rings is 1. The zero-order valence-corrected chi connectivity index (χ0v) is 18.8. The van der Waals surface area contributed by atoms with Crippen molar-refractivity contribution in [1.29, 1.82) is 0 Å². The van der Waals surface area contributed by atoms with Crippen LogP contribution in [0, 0.1) is 0 Å². The van der Waals surface area contributed by atoms with Crippen molar-refractivity contribution in [2.75, 3.05) is 45.8 Å². The number of nitrogens with zero attached hydrogens (tertiary/aromatic N) is 3. The lowest BCUT2D eigenvalue weighted by Crippen LogP contribution is -2.53. The zero-order chi connectivity index (χ0) is 20.3. The Kier molecular flexibility index (Phi) is 7.38. The highest BCUT2D eigenvalue weighted by Crippen LogP contribution is 2.28. The average molecular weight is 449 g/mol. The molecule has 1 N–H and O–H groups in total. The average Bonchev–Trinajstić information content (AvgIpc) is 3.10. The Bertz CT molecular complexity index is 768. The second kappa shape index (κ2) is 9.40. The number of rotatable bonds is 6. The third-order valence-corrected chi connectivity index (χ3v) is 8.85. The van der Waals surface area contributed by atoms with E-state index in [1.807, 2.05) is 0 Å². The van der Waals surface area contributed by atoms with E-state index in [0.717, 1.165) is 37.3 Å². The summed E-state index contributed by atoms with van der Waals surface area (Å²) < 4.78 is 27.5. The molecule has 0 unspecified atom stereocenters. The minimum atomic E-state index is -3.52. The first-order valence-corrected chi connectivity index (χ1v) is 12.4. The third kappa shape index (κ3) is 5.46. The Morgan fingerprint density at radius 1 is 1.18 bits per heavy atom. The Hall–Kier alpha value is -0.710. The molecule has 3 rings (SSSR count). The molecule has 0 atom stereocenters. The van der Waals surface area contributed by atoms with Gasteiger partial charge in [-0.2, -0.15) is 4.31 Å². The van der Waals surface area contributed by atoms with Gasteiger partial charge in [0.2, 0.25) is 5.91 Å². The van der Waals surface area contributed by atoms with Gasteiger partial charge in [0.15, 0.2) is 0 Å². The van der Waals surface area contributed by atoms with E-state index in [0.29, 0.717) is 49.1 Å². The van der Waals surface area contributed by atoms with Crippen LogP contribution in [-0.4, -0.2) is 86.3 Å². The van der Waals surface area contributed by atoms with Crippen LogP contribution in [0.3, 0.4) is 0 Å². The van der Waals surface area contributed by atoms with Crippen LogP contribution < -0.4 is 5.32 Å². The maximum Gasteiger partial charge on any atom is 0.252 e. The molecule has 28 heavy (non-hydrogen) atoms. The molecule has 1 aromatic rings. The molecule has 2 saturated heterocycles. The van der Waals surface area contributed by atoms with Crippen molar-refractivity contribution in [2.45, 2.75) is 43.0 Å². The van der Waals surface area contributed by atoms with Crippen LogP contribution in [0.15, 0.2) is 16.3 Å². The summed E-state index contributed by atoms with van der Waals surface area (Å²) in [5.41, 5.74) is 0. The van der Waals surface area contributed by atoms with Crippen molar-refractivity contribution >= 4 is 38.9 Å². The molecule has 1 aromatic heterocycles. The number of carbonyl (C=O) groups excluding carboxylic acids is 1. The maximum absolute atomic E-state index is 12.7. The van der Waals surface area contributed by atoms with Gasteiger partial charge in [0.05, 0.1) is 10.9 Å². The number of hydrogen-bond acceptors (Lipinski definition) is 6. The third-order valence-electron chi connectivity index (χ3n) is 5.25. The highest BCUT2D eigenvalue weighted by molar-refractivity contribution is 7.91. The summed E-state index contributed by atoms with van der Waals surface area (Å²) in [7, 11) is -3.52. The van der Waals surface area contributed by atoms with Crippen molar-refractivity contribution in [3.8, 4) is 0 Å². The molecule has 1 amide bonds. The molecular formula is C18H29ClN4O3S2. The summed E-state index contributed by atoms with van der Waals surface area (Å²) in [6.07, 6.45) is 2.11. The summed E-state index contributed by atoms with van der Waals surface area (Å²) in [5.74, 6) is 0.0893. The molecule has 0 saturated carbocycles. The van der Waals surface area contributed by atoms with Gasteiger partial charge in [-0.05, 0) is 25.0 Å². The van der Waals surface area contributed by atoms with Gasteiger partial charge >= 0.3 is 0 Å². The Morgan fingerprint density at radius 2 is 1.82 bits per heavy atom. The van der Waals surface area contributed by atoms with Gasteiger partial charge in [-0.15, -0.1) is 11.3 Å². The van der Waals surface area contributed by atoms with Gasteiger partial charge in [-0.25, -0.2) is 8.42 Å². The van der Waals surface area contributed by atoms with Crippen LogP contribution >= 0.6 is 22.9 Å². The number of amides is 1. The van der Waals surface area contributed by atoms with Gasteiger partial charge in [0.25, 0.3) is 10.0 Å². The molecule has 2 aliphatic rings. The van der Waals surface area contributed by atoms with Crippen LogP contribution in [0.1, 0.15) is 26.7 Å². The fraction of sp³-hybridized carbons (Fsp3) is 0.722. The molecular weight excluding hydrogens is 420 g/mol. The van der Waals surface area contributed by atoms with Gasteiger partial charge in [0.1, 0.15) is 4.21 Å². The quantitative estimate of drug-likeness (QED) is 0.717. The fourth-order valence-corrected chi connectivity index (χ4v) is 6.82. The minimum absolute atomic E-state index is 0.0893. The van der Waals surface area contributed by atoms with E-state index in [2.05, 4.69) is 24.1 Å². The molecule has 158 valence electrons. The first-order valence-electron chi connectivity index (χ1n) is 9.77. The maximum atomic E-state index is 12.7. The second-order valence-corrected chi connectivity index (χ2v) is 11.6. The summed E-state index contributed by atoms with van der Waals surface area (Å²) in [6, 6.07) is 4.15. The zero-order valence-electron chi connectivity index (χ0n) is 16.4. The fourth-order valence-electron chi connectivity index (χ4n) is 3.76. The summed E-state index contributed by atoms with van der Waals surface area (Å²) in [4.78, 5) is 16.6. The van der Waals surface area contributed by atoms with E-state index in [9.17, 15) is 13.2 Å². The SMILES string of the molecule is CC(C)NC1CCN(CC(=O)N2CCN(S(=O)(=O)c3ccc(Cl)s3)CC2)CC1. The van der Waals surface area contributed by atoms with Crippen molar-refractivity contribution in [2.24, 2.45) is 0 Å². The molecule has 2 aliphatic heterocycles. The van der Waals surface area contributed by atoms with Crippen molar-refractivity contribution in [1.82, 2.24) is 19.4 Å². The first-order chi connectivity index (χ1) is 13.3. The van der Waals surface area contributed by atoms with Crippen molar-refractivity contribution < 1.29 is 13.2 Å². The van der Waals surface area contributed by atoms with Crippen molar-refractivity contribution in [3.63, 3.8) is 0 Å². The molecule has 7 nitrogen and oxygen atoms in total. The van der Waals surface area contributed by atoms with Gasteiger partial charge in [-0.1, -0.05) is 25.4 Å². The minimum Gasteiger partial charge on any atom is -0.339 e. The second-order valence-electron chi connectivity index (χ2n) is 7.72. The van der Waals surface area contributed by atoms with Crippen LogP contribution in [0.4, 0.5) is 0 Å². The molecule has 2 fully saturated rings. The van der Waals surface area contributed by atoms with Crippen LogP contribution in [0.5, 0.6) is 0 Å². The van der Waals surface area contributed by atoms with E-state index >= 15 is 0 Å². The first kappa shape index (κ1) is 22.0. The topological polar surface area (TPSA) is 73.0 Å². The normalized spacial score (nSPS) is 20.8. The largest absolute Gasteiger partial charge is 0.339 e. The molecule has 0 bridgehead atoms. The van der Waals surface area contributed by atoms with E-state index in [-0.39, 0.29) is 10.1 Å². The van der Waals surface area contributed by atoms with E-state index in [4.69, 9.17) is 11.6 Å². The van der Waals surface area contributed by atoms with Crippen LogP contribution in [0.25, 0.3) is 0 Å². The smallest absolute Gasteiger partial charge is 0.252 e. The van der Waals surface area contributed by atoms with Gasteiger partial charge in [0, 0.05) is 51.4 Å². The predicted molar refractivity (Wildman–Crippen MR) is 112 cm³/mol. The highest BCUT2D eigenvalue weighted by atomic mass is 35.5. The van der Waals surface area contributed by atoms with Crippen molar-refractivity contribution in [3.05, 3.63) is 16.5 Å². The number of nitrogens with one attached hydrogen (secondary N) is 1. The van der Waals surface area contributed by atoms with E-state index in [1.54, 1.807) is 11.0 Å². The number of piperazine rings is 1. The predicted octanol–water partition coefficient (Wildman–Crippen LogP) is 1.70. The van der Waals surface area contributed by atoms with Crippen LogP contribution in [-0.2, 0) is 14.8 Å². The standard InChI is InChI=1S/C18H29ClN4O3S2/c1-14(2)20-15-5-7-21(8-6-15)13-17(24)22-9-11-23(12-10-22)28(25,26)18-4-3-16(19)27-18/h3-4,14-15,20H,5-13H2,1-2H3. The van der Waals surface area contributed by atoms with Crippen LogP contribution in [0.2, 0.25) is 4.34 Å². The number of likely N-dealkylation sites (tertiary alicyclic amines) is 1. The number of halogens is 1. The molecule has 10 heteroatoms. The Balaban J connectivity index is 1.45. The molecule has 0 aliphatic carbocycles. The number of carbonyl (C=O) groups is 1. The van der Waals surface area contributed by atoms with E-state index < -0.39 is 10.0 Å². The molecule has 0 aromatic carbocycles. The lowest BCUT2D eigenvalue weighted by molar-refractivity contribution is -0.133. The molecule has 0 radical (unpaired) electrons. The van der Waals surface area contributed by atoms with E-state index in [1.165, 1.54) is 10.4 Å². The highest BCUT2D eigenvalue weighted by Gasteiger charge is 2.32. The number of piperidine rings is 1. The summed E-state index contributed by atoms with van der Waals surface area (Å²) in [6.45, 7) is 8.08. The summed E-state index contributed by atoms with van der Waals surface area (Å²) >= 11 is 6.94. The molecule has 3 heterocycles. The lowest BCUT2D eigenvalue weighted by atomic mass is 10.0. The number of hydrogen-bond donors (Lipinski definition) is 1. The lowest BCUT2D eigenvalue weighted by Gasteiger charge is -2.37. The van der Waals surface area contributed by atoms with Gasteiger partial charge in [-0.3, -0.25) is 9.69 Å². The Labute approximate surface area is 176 Å². The monoisotopic (exact) mass is 448 g/mol. The Morgan fingerprint density at radius 3 is 2.36 bits per heavy atom. The van der Waals surface area contributed by atoms with Gasteiger partial charge < -0.3 is 10.2 Å².